The van der Waals surface area contributed by atoms with Crippen LogP contribution < -0.4 is 0 Å². The zero-order valence-electron chi connectivity index (χ0n) is 14.6. The van der Waals surface area contributed by atoms with Crippen molar-refractivity contribution in [3.05, 3.63) is 53.3 Å². The number of hydrogen-bond acceptors (Lipinski definition) is 2. The van der Waals surface area contributed by atoms with Crippen LogP contribution in [0.2, 0.25) is 0 Å². The number of aromatic amines is 1. The Hall–Kier alpha value is -1.61. The molecular weight excluding hydrogens is 282 g/mol. The smallest absolute Gasteiger partial charge is 0.0524 e. The van der Waals surface area contributed by atoms with Gasteiger partial charge in [0.05, 0.1) is 6.20 Å². The van der Waals surface area contributed by atoms with E-state index in [1.54, 1.807) is 0 Å². The van der Waals surface area contributed by atoms with Gasteiger partial charge in [-0.3, -0.25) is 5.10 Å². The number of likely N-dealkylation sites (tertiary alicyclic amines) is 1. The number of piperidine rings is 1. The van der Waals surface area contributed by atoms with E-state index in [2.05, 4.69) is 66.2 Å². The van der Waals surface area contributed by atoms with Crippen molar-refractivity contribution in [3.8, 4) is 0 Å². The molecule has 3 nitrogen and oxygen atoms in total. The van der Waals surface area contributed by atoms with Crippen LogP contribution >= 0.6 is 0 Å². The number of aromatic nitrogens is 2. The number of benzene rings is 1. The quantitative estimate of drug-likeness (QED) is 0.880. The second-order valence-corrected chi connectivity index (χ2v) is 7.30. The van der Waals surface area contributed by atoms with Gasteiger partial charge < -0.3 is 4.90 Å². The maximum atomic E-state index is 4.31. The van der Waals surface area contributed by atoms with Crippen molar-refractivity contribution < 1.29 is 0 Å². The Kier molecular flexibility index (Phi) is 5.16. The normalized spacial score (nSPS) is 20.8. The molecule has 2 heterocycles. The lowest BCUT2D eigenvalue weighted by molar-refractivity contribution is 0.197. The first-order valence-corrected chi connectivity index (χ1v) is 8.95. The minimum absolute atomic E-state index is 0.544. The molecule has 1 aliphatic rings. The fraction of sp³-hybridized carbons (Fsp3) is 0.550. The number of hydrogen-bond donors (Lipinski definition) is 1. The van der Waals surface area contributed by atoms with Crippen LogP contribution in [0.1, 0.15) is 68.2 Å². The minimum Gasteiger partial charge on any atom is -0.302 e. The molecule has 0 aliphatic carbocycles. The van der Waals surface area contributed by atoms with E-state index in [4.69, 9.17) is 0 Å². The van der Waals surface area contributed by atoms with Crippen molar-refractivity contribution in [3.63, 3.8) is 0 Å². The van der Waals surface area contributed by atoms with E-state index in [-0.39, 0.29) is 0 Å². The lowest BCUT2D eigenvalue weighted by Crippen LogP contribution is -2.37. The lowest BCUT2D eigenvalue weighted by atomic mass is 9.89. The van der Waals surface area contributed by atoms with E-state index in [1.165, 1.54) is 36.2 Å². The maximum absolute atomic E-state index is 4.31. The van der Waals surface area contributed by atoms with E-state index in [0.29, 0.717) is 17.8 Å². The van der Waals surface area contributed by atoms with Gasteiger partial charge in [-0.05, 0) is 42.3 Å². The summed E-state index contributed by atoms with van der Waals surface area (Å²) in [5, 5.41) is 7.59. The molecule has 1 aromatic carbocycles. The van der Waals surface area contributed by atoms with Gasteiger partial charge in [-0.25, -0.2) is 0 Å². The highest BCUT2D eigenvalue weighted by molar-refractivity contribution is 5.25. The predicted molar refractivity (Wildman–Crippen MR) is 95.9 cm³/mol. The highest BCUT2D eigenvalue weighted by atomic mass is 15.2. The third-order valence-corrected chi connectivity index (χ3v) is 5.14. The van der Waals surface area contributed by atoms with Crippen LogP contribution in [0.3, 0.4) is 0 Å². The Morgan fingerprint density at radius 2 is 2.00 bits per heavy atom. The van der Waals surface area contributed by atoms with E-state index >= 15 is 0 Å². The van der Waals surface area contributed by atoms with Gasteiger partial charge in [-0.2, -0.15) is 5.10 Å². The third kappa shape index (κ3) is 3.84. The standard InChI is InChI=1S/C20H29N3/c1-15(2)19-12-21-22-20(19)18-10-7-11-23(14-18)13-16(3)17-8-5-4-6-9-17/h4-6,8-9,12,15-16,18H,7,10-11,13-14H2,1-3H3,(H,21,22)/t16-,18-/m0/s1. The first kappa shape index (κ1) is 16.3. The number of nitrogens with one attached hydrogen (secondary N) is 1. The van der Waals surface area contributed by atoms with E-state index in [9.17, 15) is 0 Å². The summed E-state index contributed by atoms with van der Waals surface area (Å²) in [5.41, 5.74) is 4.21. The zero-order chi connectivity index (χ0) is 16.2. The van der Waals surface area contributed by atoms with Gasteiger partial charge >= 0.3 is 0 Å². The SMILES string of the molecule is CC(C)c1cn[nH]c1[C@H]1CCCN(C[C@H](C)c2ccccc2)C1. The van der Waals surface area contributed by atoms with Gasteiger partial charge in [0.25, 0.3) is 0 Å². The second kappa shape index (κ2) is 7.31. The number of H-pyrrole nitrogens is 1. The van der Waals surface area contributed by atoms with Crippen molar-refractivity contribution in [1.29, 1.82) is 0 Å². The van der Waals surface area contributed by atoms with E-state index < -0.39 is 0 Å². The Balaban J connectivity index is 1.65. The summed E-state index contributed by atoms with van der Waals surface area (Å²) in [5.74, 6) is 1.73. The number of rotatable bonds is 5. The van der Waals surface area contributed by atoms with Gasteiger partial charge in [0.1, 0.15) is 0 Å². The predicted octanol–water partition coefficient (Wildman–Crippen LogP) is 4.52. The van der Waals surface area contributed by atoms with Crippen LogP contribution in [-0.4, -0.2) is 34.7 Å². The molecule has 0 saturated carbocycles. The Morgan fingerprint density at radius 1 is 1.22 bits per heavy atom. The first-order chi connectivity index (χ1) is 11.1. The molecule has 0 bridgehead atoms. The van der Waals surface area contributed by atoms with Gasteiger partial charge in [0, 0.05) is 24.7 Å². The second-order valence-electron chi connectivity index (χ2n) is 7.30. The first-order valence-electron chi connectivity index (χ1n) is 8.95. The van der Waals surface area contributed by atoms with Crippen molar-refractivity contribution >= 4 is 0 Å². The summed E-state index contributed by atoms with van der Waals surface area (Å²) in [6.45, 7) is 10.4. The molecule has 124 valence electrons. The maximum Gasteiger partial charge on any atom is 0.0524 e. The van der Waals surface area contributed by atoms with E-state index in [1.807, 2.05) is 6.20 Å². The highest BCUT2D eigenvalue weighted by Crippen LogP contribution is 2.31. The van der Waals surface area contributed by atoms with Crippen LogP contribution in [0, 0.1) is 0 Å². The molecule has 0 unspecified atom stereocenters. The molecule has 0 amide bonds. The monoisotopic (exact) mass is 311 g/mol. The van der Waals surface area contributed by atoms with E-state index in [0.717, 1.165) is 13.1 Å². The fourth-order valence-electron chi connectivity index (χ4n) is 3.82. The summed E-state index contributed by atoms with van der Waals surface area (Å²) in [4.78, 5) is 2.64. The van der Waals surface area contributed by atoms with Crippen LogP contribution in [-0.2, 0) is 0 Å². The van der Waals surface area contributed by atoms with Crippen LogP contribution in [0.25, 0.3) is 0 Å². The molecule has 1 aromatic heterocycles. The fourth-order valence-corrected chi connectivity index (χ4v) is 3.82. The summed E-state index contributed by atoms with van der Waals surface area (Å²) < 4.78 is 0. The van der Waals surface area contributed by atoms with Crippen molar-refractivity contribution in [2.45, 2.75) is 51.4 Å². The molecular formula is C20H29N3. The topological polar surface area (TPSA) is 31.9 Å². The summed E-state index contributed by atoms with van der Waals surface area (Å²) in [6.07, 6.45) is 4.58. The summed E-state index contributed by atoms with van der Waals surface area (Å²) >= 11 is 0. The average Bonchev–Trinajstić information content (AvgIpc) is 3.06. The van der Waals surface area contributed by atoms with Gasteiger partial charge in [0.2, 0.25) is 0 Å². The van der Waals surface area contributed by atoms with Crippen molar-refractivity contribution in [1.82, 2.24) is 15.1 Å². The molecule has 3 rings (SSSR count). The summed E-state index contributed by atoms with van der Waals surface area (Å²) in [7, 11) is 0. The van der Waals surface area contributed by atoms with Gasteiger partial charge in [-0.1, -0.05) is 51.1 Å². The highest BCUT2D eigenvalue weighted by Gasteiger charge is 2.26. The largest absolute Gasteiger partial charge is 0.302 e. The zero-order valence-corrected chi connectivity index (χ0v) is 14.6. The lowest BCUT2D eigenvalue weighted by Gasteiger charge is -2.34. The third-order valence-electron chi connectivity index (χ3n) is 5.14. The molecule has 0 radical (unpaired) electrons. The number of nitrogens with zero attached hydrogens (tertiary/aromatic N) is 2. The van der Waals surface area contributed by atoms with Crippen molar-refractivity contribution in [2.75, 3.05) is 19.6 Å². The minimum atomic E-state index is 0.544. The molecule has 1 aliphatic heterocycles. The van der Waals surface area contributed by atoms with Crippen molar-refractivity contribution in [2.24, 2.45) is 0 Å². The molecule has 23 heavy (non-hydrogen) atoms. The molecule has 1 fully saturated rings. The molecule has 0 spiro atoms. The molecule has 1 N–H and O–H groups in total. The molecule has 1 saturated heterocycles. The molecule has 2 aromatic rings. The van der Waals surface area contributed by atoms with Crippen LogP contribution in [0.5, 0.6) is 0 Å². The summed E-state index contributed by atoms with van der Waals surface area (Å²) in [6, 6.07) is 10.9. The van der Waals surface area contributed by atoms with Crippen LogP contribution in [0.4, 0.5) is 0 Å². The van der Waals surface area contributed by atoms with Crippen LogP contribution in [0.15, 0.2) is 36.5 Å². The molecule has 3 heteroatoms. The Bertz CT molecular complexity index is 602. The Morgan fingerprint density at radius 3 is 2.74 bits per heavy atom. The molecule has 2 atom stereocenters. The Labute approximate surface area is 140 Å². The van der Waals surface area contributed by atoms with Gasteiger partial charge in [-0.15, -0.1) is 0 Å². The average molecular weight is 311 g/mol. The van der Waals surface area contributed by atoms with Gasteiger partial charge in [0.15, 0.2) is 0 Å².